The van der Waals surface area contributed by atoms with E-state index in [0.29, 0.717) is 12.0 Å². The molecule has 1 aliphatic rings. The number of halogens is 1. The third-order valence-corrected chi connectivity index (χ3v) is 3.24. The van der Waals surface area contributed by atoms with Crippen molar-refractivity contribution in [2.75, 3.05) is 0 Å². The predicted molar refractivity (Wildman–Crippen MR) is 65.7 cm³/mol. The van der Waals surface area contributed by atoms with Gasteiger partial charge in [0.2, 0.25) is 0 Å². The molecular formula is C14H13FN2O. The lowest BCUT2D eigenvalue weighted by Gasteiger charge is -2.19. The molecule has 2 aromatic rings. The maximum absolute atomic E-state index is 13.6. The minimum Gasteiger partial charge on any atom is -0.488 e. The molecule has 0 bridgehead atoms. The van der Waals surface area contributed by atoms with E-state index in [1.165, 1.54) is 6.20 Å². The van der Waals surface area contributed by atoms with E-state index in [-0.39, 0.29) is 11.9 Å². The van der Waals surface area contributed by atoms with Gasteiger partial charge in [-0.3, -0.25) is 4.98 Å². The molecule has 0 spiro atoms. The number of nitrogens with two attached hydrogens (primary N) is 1. The van der Waals surface area contributed by atoms with Gasteiger partial charge >= 0.3 is 0 Å². The molecule has 3 nitrogen and oxygen atoms in total. The molecule has 2 heterocycles. The molecule has 0 aliphatic carbocycles. The van der Waals surface area contributed by atoms with Gasteiger partial charge in [-0.05, 0) is 17.7 Å². The highest BCUT2D eigenvalue weighted by Gasteiger charge is 2.30. The first kappa shape index (κ1) is 11.2. The molecule has 18 heavy (non-hydrogen) atoms. The maximum Gasteiger partial charge on any atom is 0.146 e. The Morgan fingerprint density at radius 1 is 1.33 bits per heavy atom. The zero-order chi connectivity index (χ0) is 12.5. The molecule has 0 amide bonds. The van der Waals surface area contributed by atoms with Crippen molar-refractivity contribution in [2.24, 2.45) is 5.73 Å². The van der Waals surface area contributed by atoms with E-state index in [1.54, 1.807) is 12.3 Å². The van der Waals surface area contributed by atoms with Crippen molar-refractivity contribution in [3.05, 3.63) is 59.7 Å². The molecule has 92 valence electrons. The predicted octanol–water partition coefficient (Wildman–Crippen LogP) is 2.22. The average Bonchev–Trinajstić information content (AvgIpc) is 2.82. The molecule has 1 aromatic carbocycles. The molecular weight excluding hydrogens is 231 g/mol. The number of para-hydroxylation sites is 1. The maximum atomic E-state index is 13.6. The van der Waals surface area contributed by atoms with E-state index < -0.39 is 6.04 Å². The molecule has 1 aliphatic heterocycles. The van der Waals surface area contributed by atoms with Crippen LogP contribution in [-0.2, 0) is 6.42 Å². The molecule has 1 aromatic heterocycles. The van der Waals surface area contributed by atoms with Gasteiger partial charge in [-0.2, -0.15) is 0 Å². The summed E-state index contributed by atoms with van der Waals surface area (Å²) in [5.41, 5.74) is 7.65. The average molecular weight is 244 g/mol. The Balaban J connectivity index is 1.85. The van der Waals surface area contributed by atoms with Crippen LogP contribution in [0, 0.1) is 5.82 Å². The first-order chi connectivity index (χ1) is 8.75. The Kier molecular flexibility index (Phi) is 2.72. The number of hydrogen-bond acceptors (Lipinski definition) is 3. The van der Waals surface area contributed by atoms with Crippen molar-refractivity contribution in [2.45, 2.75) is 18.6 Å². The Hall–Kier alpha value is -1.94. The number of rotatable bonds is 2. The minimum atomic E-state index is -0.486. The zero-order valence-corrected chi connectivity index (χ0v) is 9.71. The highest BCUT2D eigenvalue weighted by atomic mass is 19.1. The van der Waals surface area contributed by atoms with E-state index in [9.17, 15) is 4.39 Å². The van der Waals surface area contributed by atoms with Crippen molar-refractivity contribution in [3.8, 4) is 5.75 Å². The SMILES string of the molecule is NC(c1ccncc1F)C1Cc2ccccc2O1. The van der Waals surface area contributed by atoms with Crippen LogP contribution in [0.1, 0.15) is 17.2 Å². The number of nitrogens with zero attached hydrogens (tertiary/aromatic N) is 1. The van der Waals surface area contributed by atoms with Crippen LogP contribution in [-0.4, -0.2) is 11.1 Å². The Labute approximate surface area is 104 Å². The smallest absolute Gasteiger partial charge is 0.146 e. The van der Waals surface area contributed by atoms with Gasteiger partial charge in [-0.25, -0.2) is 4.39 Å². The summed E-state index contributed by atoms with van der Waals surface area (Å²) in [7, 11) is 0. The quantitative estimate of drug-likeness (QED) is 0.881. The van der Waals surface area contributed by atoms with Crippen molar-refractivity contribution in [3.63, 3.8) is 0 Å². The van der Waals surface area contributed by atoms with Crippen LogP contribution in [0.5, 0.6) is 5.75 Å². The molecule has 0 saturated heterocycles. The molecule has 2 N–H and O–H groups in total. The van der Waals surface area contributed by atoms with E-state index in [1.807, 2.05) is 24.3 Å². The third kappa shape index (κ3) is 1.84. The first-order valence-corrected chi connectivity index (χ1v) is 5.85. The summed E-state index contributed by atoms with van der Waals surface area (Å²) in [6, 6.07) is 8.91. The highest BCUT2D eigenvalue weighted by Crippen LogP contribution is 2.33. The minimum absolute atomic E-state index is 0.223. The lowest BCUT2D eigenvalue weighted by atomic mass is 9.99. The standard InChI is InChI=1S/C14H13FN2O/c15-11-8-17-6-5-10(11)14(16)13-7-9-3-1-2-4-12(9)18-13/h1-6,8,13-14H,7,16H2. The van der Waals surface area contributed by atoms with Crippen LogP contribution >= 0.6 is 0 Å². The third-order valence-electron chi connectivity index (χ3n) is 3.24. The topological polar surface area (TPSA) is 48.1 Å². The van der Waals surface area contributed by atoms with Crippen molar-refractivity contribution in [1.29, 1.82) is 0 Å². The van der Waals surface area contributed by atoms with Crippen molar-refractivity contribution < 1.29 is 9.13 Å². The number of hydrogen-bond donors (Lipinski definition) is 1. The number of aromatic nitrogens is 1. The second-order valence-electron chi connectivity index (χ2n) is 4.39. The van der Waals surface area contributed by atoms with Gasteiger partial charge < -0.3 is 10.5 Å². The largest absolute Gasteiger partial charge is 0.488 e. The summed E-state index contributed by atoms with van der Waals surface area (Å²) in [6.45, 7) is 0. The van der Waals surface area contributed by atoms with Gasteiger partial charge in [0.15, 0.2) is 0 Å². The van der Waals surface area contributed by atoms with Crippen molar-refractivity contribution in [1.82, 2.24) is 4.98 Å². The second kappa shape index (κ2) is 4.38. The van der Waals surface area contributed by atoms with E-state index in [2.05, 4.69) is 4.98 Å². The fourth-order valence-electron chi connectivity index (χ4n) is 2.27. The highest BCUT2D eigenvalue weighted by molar-refractivity contribution is 5.38. The van der Waals surface area contributed by atoms with Crippen LogP contribution in [0.2, 0.25) is 0 Å². The fourth-order valence-corrected chi connectivity index (χ4v) is 2.27. The van der Waals surface area contributed by atoms with Crippen LogP contribution in [0.25, 0.3) is 0 Å². The molecule has 4 heteroatoms. The summed E-state index contributed by atoms with van der Waals surface area (Å²) < 4.78 is 19.4. The molecule has 2 unspecified atom stereocenters. The van der Waals surface area contributed by atoms with Crippen molar-refractivity contribution >= 4 is 0 Å². The van der Waals surface area contributed by atoms with E-state index in [0.717, 1.165) is 11.3 Å². The second-order valence-corrected chi connectivity index (χ2v) is 4.39. The number of pyridine rings is 1. The molecule has 2 atom stereocenters. The summed E-state index contributed by atoms with van der Waals surface area (Å²) in [5.74, 6) is 0.456. The summed E-state index contributed by atoms with van der Waals surface area (Å²) in [6.07, 6.45) is 3.20. The summed E-state index contributed by atoms with van der Waals surface area (Å²) in [5, 5.41) is 0. The Morgan fingerprint density at radius 3 is 2.94 bits per heavy atom. The lowest BCUT2D eigenvalue weighted by Crippen LogP contribution is -2.30. The van der Waals surface area contributed by atoms with Crippen LogP contribution in [0.4, 0.5) is 4.39 Å². The van der Waals surface area contributed by atoms with Crippen LogP contribution in [0.15, 0.2) is 42.7 Å². The van der Waals surface area contributed by atoms with Gasteiger partial charge in [-0.1, -0.05) is 18.2 Å². The molecule has 3 rings (SSSR count). The van der Waals surface area contributed by atoms with Gasteiger partial charge in [0.25, 0.3) is 0 Å². The number of ether oxygens (including phenoxy) is 1. The first-order valence-electron chi connectivity index (χ1n) is 5.85. The summed E-state index contributed by atoms with van der Waals surface area (Å²) in [4.78, 5) is 3.72. The van der Waals surface area contributed by atoms with Gasteiger partial charge in [-0.15, -0.1) is 0 Å². The van der Waals surface area contributed by atoms with Gasteiger partial charge in [0.1, 0.15) is 17.7 Å². The molecule has 0 fully saturated rings. The fraction of sp³-hybridized carbons (Fsp3) is 0.214. The van der Waals surface area contributed by atoms with Crippen LogP contribution < -0.4 is 10.5 Å². The summed E-state index contributed by atoms with van der Waals surface area (Å²) >= 11 is 0. The lowest BCUT2D eigenvalue weighted by molar-refractivity contribution is 0.197. The van der Waals surface area contributed by atoms with E-state index >= 15 is 0 Å². The van der Waals surface area contributed by atoms with Gasteiger partial charge in [0.05, 0.1) is 12.2 Å². The number of benzene rings is 1. The Morgan fingerprint density at radius 2 is 2.17 bits per heavy atom. The normalized spacial score (nSPS) is 19.1. The zero-order valence-electron chi connectivity index (χ0n) is 9.71. The van der Waals surface area contributed by atoms with Crippen LogP contribution in [0.3, 0.4) is 0 Å². The Bertz CT molecular complexity index is 548. The molecule has 0 radical (unpaired) electrons. The monoisotopic (exact) mass is 244 g/mol. The molecule has 0 saturated carbocycles. The number of fused-ring (bicyclic) bond motifs is 1. The van der Waals surface area contributed by atoms with E-state index in [4.69, 9.17) is 10.5 Å². The van der Waals surface area contributed by atoms with Gasteiger partial charge in [0, 0.05) is 18.2 Å².